The summed E-state index contributed by atoms with van der Waals surface area (Å²) in [7, 11) is -3.45. The van der Waals surface area contributed by atoms with Gasteiger partial charge in [-0.05, 0) is 29.5 Å². The largest absolute Gasteiger partial charge is 0.308 e. The molecule has 1 aromatic carbocycles. The number of alkyl halides is 2. The molecule has 1 atom stereocenters. The molecule has 0 bridgehead atoms. The lowest BCUT2D eigenvalue weighted by Crippen LogP contribution is -2.10. The van der Waals surface area contributed by atoms with Crippen LogP contribution in [0.5, 0.6) is 0 Å². The van der Waals surface area contributed by atoms with Gasteiger partial charge in [-0.2, -0.15) is 8.78 Å². The quantitative estimate of drug-likeness (QED) is 0.732. The van der Waals surface area contributed by atoms with Crippen molar-refractivity contribution in [2.75, 3.05) is 0 Å². The fourth-order valence-electron chi connectivity index (χ4n) is 1.19. The lowest BCUT2D eigenvalue weighted by molar-refractivity contribution is 0.243. The van der Waals surface area contributed by atoms with Gasteiger partial charge in [-0.3, -0.25) is 4.21 Å². The lowest BCUT2D eigenvalue weighted by atomic mass is 10.0. The van der Waals surface area contributed by atoms with E-state index in [1.54, 1.807) is 12.1 Å². The highest BCUT2D eigenvalue weighted by Gasteiger charge is 2.19. The minimum Gasteiger partial charge on any atom is -0.258 e. The molecule has 0 aromatic heterocycles. The van der Waals surface area contributed by atoms with Crippen molar-refractivity contribution in [3.63, 3.8) is 0 Å². The summed E-state index contributed by atoms with van der Waals surface area (Å²) < 4.78 is 36.3. The molecule has 0 aliphatic rings. The molecule has 0 radical (unpaired) electrons. The van der Waals surface area contributed by atoms with Crippen LogP contribution in [0.2, 0.25) is 0 Å². The molecule has 0 saturated heterocycles. The molecule has 0 aliphatic carbocycles. The van der Waals surface area contributed by atoms with Gasteiger partial charge in [0.2, 0.25) is 0 Å². The van der Waals surface area contributed by atoms with Crippen molar-refractivity contribution in [2.24, 2.45) is 0 Å². The number of hydrogen-bond acceptors (Lipinski definition) is 1. The second-order valence-corrected chi connectivity index (χ2v) is 5.99. The van der Waals surface area contributed by atoms with Gasteiger partial charge in [0.25, 0.3) is 0 Å². The summed E-state index contributed by atoms with van der Waals surface area (Å²) >= 11 is 0. The maximum absolute atomic E-state index is 12.4. The topological polar surface area (TPSA) is 17.1 Å². The molecule has 84 valence electrons. The van der Waals surface area contributed by atoms with E-state index in [1.807, 2.05) is 13.8 Å². The summed E-state index contributed by atoms with van der Waals surface area (Å²) in [6.07, 6.45) is 0. The zero-order chi connectivity index (χ0) is 11.6. The van der Waals surface area contributed by atoms with Crippen LogP contribution in [0, 0.1) is 0 Å². The number of rotatable bonds is 3. The van der Waals surface area contributed by atoms with E-state index in [0.29, 0.717) is 5.92 Å². The van der Waals surface area contributed by atoms with Gasteiger partial charge < -0.3 is 0 Å². The molecule has 0 N–H and O–H groups in total. The molecule has 1 unspecified atom stereocenters. The van der Waals surface area contributed by atoms with Crippen LogP contribution in [0.25, 0.3) is 0 Å². The van der Waals surface area contributed by atoms with Crippen LogP contribution in [-0.2, 0) is 9.52 Å². The van der Waals surface area contributed by atoms with Crippen molar-refractivity contribution in [1.82, 2.24) is 0 Å². The molecular weight excluding hydrogens is 218 g/mol. The van der Waals surface area contributed by atoms with E-state index in [9.17, 15) is 13.0 Å². The summed E-state index contributed by atoms with van der Waals surface area (Å²) in [4.78, 5) is 0.113. The van der Waals surface area contributed by atoms with Crippen LogP contribution in [-0.4, -0.2) is 15.8 Å². The average Bonchev–Trinajstić information content (AvgIpc) is 2.17. The number of hydrogen-bond donors (Lipinski definition) is 0. The first kappa shape index (κ1) is 12.2. The van der Waals surface area contributed by atoms with E-state index in [2.05, 4.69) is 5.87 Å². The predicted octanol–water partition coefficient (Wildman–Crippen LogP) is 3.11. The van der Waals surface area contributed by atoms with E-state index < -0.39 is 15.3 Å². The van der Waals surface area contributed by atoms with Crippen molar-refractivity contribution < 1.29 is 13.0 Å². The molecule has 0 spiro atoms. The van der Waals surface area contributed by atoms with E-state index in [4.69, 9.17) is 0 Å². The van der Waals surface area contributed by atoms with E-state index >= 15 is 0 Å². The van der Waals surface area contributed by atoms with Crippen LogP contribution < -0.4 is 0 Å². The number of benzene rings is 1. The maximum Gasteiger partial charge on any atom is 0.308 e. The third kappa shape index (κ3) is 2.56. The van der Waals surface area contributed by atoms with Crippen LogP contribution in [0.15, 0.2) is 29.2 Å². The van der Waals surface area contributed by atoms with Crippen LogP contribution in [0.4, 0.5) is 8.78 Å². The Morgan fingerprint density at radius 3 is 2.00 bits per heavy atom. The van der Waals surface area contributed by atoms with E-state index in [0.717, 1.165) is 5.56 Å². The summed E-state index contributed by atoms with van der Waals surface area (Å²) in [5.41, 5.74) is 1.03. The Bertz CT molecular complexity index is 418. The standard InChI is InChI=1S/C11H14F2OS/c1-8(2)9-4-6-10(7-5-9)15(3,14)11(12)13/h4-8,11H,3H2,1-2H3. The SMILES string of the molecule is C=S(=O)(c1ccc(C(C)C)cc1)C(F)F. The predicted molar refractivity (Wildman–Crippen MR) is 60.1 cm³/mol. The fourth-order valence-corrected chi connectivity index (χ4v) is 1.99. The second-order valence-electron chi connectivity index (χ2n) is 3.71. The smallest absolute Gasteiger partial charge is 0.258 e. The molecular formula is C11H14F2OS. The Morgan fingerprint density at radius 2 is 1.67 bits per heavy atom. The minimum absolute atomic E-state index is 0.113. The van der Waals surface area contributed by atoms with Gasteiger partial charge in [-0.25, -0.2) is 0 Å². The average molecular weight is 232 g/mol. The Hall–Kier alpha value is -0.900. The third-order valence-electron chi connectivity index (χ3n) is 2.23. The molecule has 0 heterocycles. The highest BCUT2D eigenvalue weighted by atomic mass is 32.2. The monoisotopic (exact) mass is 232 g/mol. The van der Waals surface area contributed by atoms with Crippen molar-refractivity contribution in [3.05, 3.63) is 29.8 Å². The molecule has 4 heteroatoms. The van der Waals surface area contributed by atoms with Crippen molar-refractivity contribution in [1.29, 1.82) is 0 Å². The molecule has 15 heavy (non-hydrogen) atoms. The third-order valence-corrected chi connectivity index (χ3v) is 3.88. The fraction of sp³-hybridized carbons (Fsp3) is 0.364. The summed E-state index contributed by atoms with van der Waals surface area (Å²) in [6, 6.07) is 6.37. The van der Waals surface area contributed by atoms with E-state index in [1.165, 1.54) is 12.1 Å². The first-order valence-electron chi connectivity index (χ1n) is 4.60. The Kier molecular flexibility index (Phi) is 3.50. The molecule has 0 amide bonds. The number of halogens is 2. The van der Waals surface area contributed by atoms with E-state index in [-0.39, 0.29) is 4.90 Å². The Balaban J connectivity index is 3.10. The zero-order valence-corrected chi connectivity index (χ0v) is 9.56. The Labute approximate surface area is 89.1 Å². The molecule has 0 saturated carbocycles. The summed E-state index contributed by atoms with van der Waals surface area (Å²) in [5.74, 6) is 0.503. The van der Waals surface area contributed by atoms with Gasteiger partial charge in [0.15, 0.2) is 0 Å². The van der Waals surface area contributed by atoms with Crippen LogP contribution >= 0.6 is 0 Å². The van der Waals surface area contributed by atoms with Gasteiger partial charge in [-0.1, -0.05) is 26.0 Å². The summed E-state index contributed by atoms with van der Waals surface area (Å²) in [6.45, 7) is 4.01. The normalized spacial score (nSPS) is 15.6. The Morgan fingerprint density at radius 1 is 1.20 bits per heavy atom. The summed E-state index contributed by atoms with van der Waals surface area (Å²) in [5, 5.41) is 0. The first-order valence-corrected chi connectivity index (χ1v) is 6.39. The van der Waals surface area contributed by atoms with Crippen LogP contribution in [0.1, 0.15) is 25.3 Å². The van der Waals surface area contributed by atoms with Crippen molar-refractivity contribution >= 4 is 15.4 Å². The molecule has 1 aromatic rings. The van der Waals surface area contributed by atoms with Crippen molar-refractivity contribution in [2.45, 2.75) is 30.4 Å². The van der Waals surface area contributed by atoms with Crippen molar-refractivity contribution in [3.8, 4) is 0 Å². The maximum atomic E-state index is 12.4. The second kappa shape index (κ2) is 4.31. The molecule has 0 fully saturated rings. The molecule has 0 aliphatic heterocycles. The van der Waals surface area contributed by atoms with Gasteiger partial charge in [0.1, 0.15) is 0 Å². The highest BCUT2D eigenvalue weighted by Crippen LogP contribution is 2.21. The van der Waals surface area contributed by atoms with Gasteiger partial charge in [0.05, 0.1) is 9.52 Å². The highest BCUT2D eigenvalue weighted by molar-refractivity contribution is 8.00. The van der Waals surface area contributed by atoms with Gasteiger partial charge >= 0.3 is 5.76 Å². The van der Waals surface area contributed by atoms with Gasteiger partial charge in [0, 0.05) is 4.90 Å². The van der Waals surface area contributed by atoms with Gasteiger partial charge in [-0.15, -0.1) is 0 Å². The van der Waals surface area contributed by atoms with Crippen LogP contribution in [0.3, 0.4) is 0 Å². The minimum atomic E-state index is -3.45. The zero-order valence-electron chi connectivity index (χ0n) is 8.74. The first-order chi connectivity index (χ1) is 6.85. The lowest BCUT2D eigenvalue weighted by Gasteiger charge is -2.10. The molecule has 1 rings (SSSR count). The molecule has 1 nitrogen and oxygen atoms in total.